The van der Waals surface area contributed by atoms with Gasteiger partial charge < -0.3 is 10.1 Å². The lowest BCUT2D eigenvalue weighted by Crippen LogP contribution is -2.30. The normalized spacial score (nSPS) is 11.8. The third-order valence-corrected chi connectivity index (χ3v) is 4.14. The van der Waals surface area contributed by atoms with E-state index in [-0.39, 0.29) is 18.7 Å². The first-order valence-corrected chi connectivity index (χ1v) is 8.62. The van der Waals surface area contributed by atoms with Crippen LogP contribution in [0.1, 0.15) is 18.9 Å². The van der Waals surface area contributed by atoms with Crippen LogP contribution in [0.4, 0.5) is 10.1 Å². The predicted molar refractivity (Wildman–Crippen MR) is 101 cm³/mol. The van der Waals surface area contributed by atoms with Crippen LogP contribution in [0.5, 0.6) is 0 Å². The van der Waals surface area contributed by atoms with Gasteiger partial charge in [0, 0.05) is 18.0 Å². The van der Waals surface area contributed by atoms with E-state index in [1.165, 1.54) is 13.0 Å². The Labute approximate surface area is 156 Å². The molecule has 0 saturated heterocycles. The topological polar surface area (TPSA) is 68.3 Å². The lowest BCUT2D eigenvalue weighted by atomic mass is 10.1. The van der Waals surface area contributed by atoms with Gasteiger partial charge in [0.05, 0.1) is 11.2 Å². The average molecular weight is 366 g/mol. The quantitative estimate of drug-likeness (QED) is 0.672. The number of rotatable bonds is 6. The standard InChI is InChI=1S/C21H19FN2O3/c1-14(27-20(25)12-11-15-6-2-3-8-17(15)22)21(26)24-19-10-4-9-18-16(19)7-5-13-23-18/h2-10,13-14H,11-12H2,1H3,(H,24,26). The zero-order chi connectivity index (χ0) is 19.2. The number of aromatic nitrogens is 1. The van der Waals surface area contributed by atoms with Crippen molar-refractivity contribution in [1.82, 2.24) is 4.98 Å². The highest BCUT2D eigenvalue weighted by molar-refractivity contribution is 6.02. The summed E-state index contributed by atoms with van der Waals surface area (Å²) in [5.74, 6) is -1.35. The number of nitrogens with zero attached hydrogens (tertiary/aromatic N) is 1. The Kier molecular flexibility index (Phi) is 5.76. The molecule has 0 radical (unpaired) electrons. The first-order valence-electron chi connectivity index (χ1n) is 8.62. The highest BCUT2D eigenvalue weighted by Crippen LogP contribution is 2.21. The smallest absolute Gasteiger partial charge is 0.306 e. The number of hydrogen-bond donors (Lipinski definition) is 1. The molecule has 1 atom stereocenters. The molecule has 2 aromatic carbocycles. The van der Waals surface area contributed by atoms with Crippen LogP contribution < -0.4 is 5.32 Å². The number of pyridine rings is 1. The van der Waals surface area contributed by atoms with E-state index in [1.54, 1.807) is 42.6 Å². The average Bonchev–Trinajstić information content (AvgIpc) is 2.67. The summed E-state index contributed by atoms with van der Waals surface area (Å²) >= 11 is 0. The van der Waals surface area contributed by atoms with Crippen LogP contribution in [0.3, 0.4) is 0 Å². The zero-order valence-corrected chi connectivity index (χ0v) is 14.8. The number of ether oxygens (including phenoxy) is 1. The Bertz CT molecular complexity index is 969. The van der Waals surface area contributed by atoms with Crippen LogP contribution >= 0.6 is 0 Å². The molecule has 0 aliphatic rings. The number of carbonyl (C=O) groups excluding carboxylic acids is 2. The Morgan fingerprint density at radius 1 is 1.11 bits per heavy atom. The lowest BCUT2D eigenvalue weighted by Gasteiger charge is -2.14. The maximum atomic E-state index is 13.6. The summed E-state index contributed by atoms with van der Waals surface area (Å²) in [7, 11) is 0. The van der Waals surface area contributed by atoms with Gasteiger partial charge in [0.25, 0.3) is 5.91 Å². The SMILES string of the molecule is CC(OC(=O)CCc1ccccc1F)C(=O)Nc1cccc2ncccc12. The van der Waals surface area contributed by atoms with Gasteiger partial charge in [-0.25, -0.2) is 4.39 Å². The summed E-state index contributed by atoms with van der Waals surface area (Å²) in [5.41, 5.74) is 1.79. The van der Waals surface area contributed by atoms with Crippen LogP contribution in [-0.4, -0.2) is 23.0 Å². The van der Waals surface area contributed by atoms with Gasteiger partial charge in [-0.15, -0.1) is 0 Å². The van der Waals surface area contributed by atoms with Crippen LogP contribution in [0.25, 0.3) is 10.9 Å². The van der Waals surface area contributed by atoms with E-state index >= 15 is 0 Å². The molecule has 6 heteroatoms. The second kappa shape index (κ2) is 8.40. The van der Waals surface area contributed by atoms with Crippen molar-refractivity contribution in [2.24, 2.45) is 0 Å². The van der Waals surface area contributed by atoms with Gasteiger partial charge in [0.1, 0.15) is 5.82 Å². The molecule has 1 N–H and O–H groups in total. The van der Waals surface area contributed by atoms with Crippen molar-refractivity contribution in [1.29, 1.82) is 0 Å². The number of amides is 1. The highest BCUT2D eigenvalue weighted by Gasteiger charge is 2.19. The number of hydrogen-bond acceptors (Lipinski definition) is 4. The second-order valence-electron chi connectivity index (χ2n) is 6.09. The molecule has 0 spiro atoms. The molecular weight excluding hydrogens is 347 g/mol. The Hall–Kier alpha value is -3.28. The van der Waals surface area contributed by atoms with Crippen molar-refractivity contribution in [3.8, 4) is 0 Å². The van der Waals surface area contributed by atoms with Crippen molar-refractivity contribution in [3.63, 3.8) is 0 Å². The number of carbonyl (C=O) groups is 2. The molecule has 27 heavy (non-hydrogen) atoms. The summed E-state index contributed by atoms with van der Waals surface area (Å²) in [6, 6.07) is 15.3. The van der Waals surface area contributed by atoms with Crippen molar-refractivity contribution in [2.45, 2.75) is 25.9 Å². The molecule has 1 unspecified atom stereocenters. The fourth-order valence-electron chi connectivity index (χ4n) is 2.69. The predicted octanol–water partition coefficient (Wildman–Crippen LogP) is 3.88. The van der Waals surface area contributed by atoms with Crippen molar-refractivity contribution >= 4 is 28.5 Å². The number of nitrogens with one attached hydrogen (secondary N) is 1. The van der Waals surface area contributed by atoms with E-state index in [0.717, 1.165) is 10.9 Å². The third kappa shape index (κ3) is 4.67. The van der Waals surface area contributed by atoms with Gasteiger partial charge in [0.15, 0.2) is 6.10 Å². The second-order valence-corrected chi connectivity index (χ2v) is 6.09. The Balaban J connectivity index is 1.57. The minimum atomic E-state index is -0.968. The van der Waals surface area contributed by atoms with E-state index in [1.807, 2.05) is 12.1 Å². The summed E-state index contributed by atoms with van der Waals surface area (Å²) in [4.78, 5) is 28.6. The summed E-state index contributed by atoms with van der Waals surface area (Å²) in [5, 5.41) is 3.55. The number of aryl methyl sites for hydroxylation is 1. The van der Waals surface area contributed by atoms with Gasteiger partial charge in [-0.1, -0.05) is 24.3 Å². The number of halogens is 1. The molecule has 1 amide bonds. The van der Waals surface area contributed by atoms with E-state index in [2.05, 4.69) is 10.3 Å². The molecule has 5 nitrogen and oxygen atoms in total. The van der Waals surface area contributed by atoms with Crippen LogP contribution in [0.2, 0.25) is 0 Å². The van der Waals surface area contributed by atoms with Crippen LogP contribution in [-0.2, 0) is 20.7 Å². The Morgan fingerprint density at radius 2 is 1.93 bits per heavy atom. The van der Waals surface area contributed by atoms with Gasteiger partial charge in [-0.2, -0.15) is 0 Å². The monoisotopic (exact) mass is 366 g/mol. The molecule has 3 aromatic rings. The molecule has 0 aliphatic heterocycles. The van der Waals surface area contributed by atoms with E-state index < -0.39 is 18.0 Å². The number of fused-ring (bicyclic) bond motifs is 1. The molecule has 0 bridgehead atoms. The minimum absolute atomic E-state index is 0.00323. The zero-order valence-electron chi connectivity index (χ0n) is 14.8. The molecule has 138 valence electrons. The number of esters is 1. The van der Waals surface area contributed by atoms with E-state index in [4.69, 9.17) is 4.74 Å². The maximum absolute atomic E-state index is 13.6. The molecular formula is C21H19FN2O3. The molecule has 0 fully saturated rings. The third-order valence-electron chi connectivity index (χ3n) is 4.14. The molecule has 0 aliphatic carbocycles. The fourth-order valence-corrected chi connectivity index (χ4v) is 2.69. The van der Waals surface area contributed by atoms with Crippen molar-refractivity contribution in [3.05, 3.63) is 72.2 Å². The first-order chi connectivity index (χ1) is 13.0. The van der Waals surface area contributed by atoms with Gasteiger partial charge in [-0.05, 0) is 49.2 Å². The number of benzene rings is 2. The minimum Gasteiger partial charge on any atom is -0.453 e. The van der Waals surface area contributed by atoms with E-state index in [0.29, 0.717) is 11.3 Å². The molecule has 1 heterocycles. The molecule has 1 aromatic heterocycles. The van der Waals surface area contributed by atoms with Crippen LogP contribution in [0, 0.1) is 5.82 Å². The summed E-state index contributed by atoms with van der Waals surface area (Å²) < 4.78 is 18.7. The van der Waals surface area contributed by atoms with E-state index in [9.17, 15) is 14.0 Å². The lowest BCUT2D eigenvalue weighted by molar-refractivity contribution is -0.153. The molecule has 3 rings (SSSR count). The van der Waals surface area contributed by atoms with Crippen molar-refractivity contribution < 1.29 is 18.7 Å². The largest absolute Gasteiger partial charge is 0.453 e. The fraction of sp³-hybridized carbons (Fsp3) is 0.190. The van der Waals surface area contributed by atoms with Gasteiger partial charge in [0.2, 0.25) is 0 Å². The van der Waals surface area contributed by atoms with Crippen LogP contribution in [0.15, 0.2) is 60.8 Å². The van der Waals surface area contributed by atoms with Gasteiger partial charge in [-0.3, -0.25) is 14.6 Å². The van der Waals surface area contributed by atoms with Crippen molar-refractivity contribution in [2.75, 3.05) is 5.32 Å². The number of anilines is 1. The molecule has 0 saturated carbocycles. The maximum Gasteiger partial charge on any atom is 0.306 e. The summed E-state index contributed by atoms with van der Waals surface area (Å²) in [6.07, 6.45) is 0.921. The van der Waals surface area contributed by atoms with Gasteiger partial charge >= 0.3 is 5.97 Å². The first kappa shape index (κ1) is 18.5. The Morgan fingerprint density at radius 3 is 2.74 bits per heavy atom. The summed E-state index contributed by atoms with van der Waals surface area (Å²) in [6.45, 7) is 1.50. The highest BCUT2D eigenvalue weighted by atomic mass is 19.1.